The molecular weight excluding hydrogens is 469 g/mol. The van der Waals surface area contributed by atoms with Crippen molar-refractivity contribution in [1.82, 2.24) is 4.98 Å². The molecule has 1 aromatic heterocycles. The number of hydrogen-bond acceptors (Lipinski definition) is 6. The number of anilines is 2. The Morgan fingerprint density at radius 2 is 1.80 bits per heavy atom. The summed E-state index contributed by atoms with van der Waals surface area (Å²) in [6.07, 6.45) is 3.19. The van der Waals surface area contributed by atoms with Gasteiger partial charge in [-0.25, -0.2) is 12.8 Å². The number of ketones is 1. The van der Waals surface area contributed by atoms with Gasteiger partial charge in [-0.15, -0.1) is 0 Å². The Bertz CT molecular complexity index is 1300. The first-order valence-corrected chi connectivity index (χ1v) is 13.0. The van der Waals surface area contributed by atoms with Crippen LogP contribution in [0.5, 0.6) is 5.75 Å². The zero-order valence-electron chi connectivity index (χ0n) is 19.7. The number of piperidine rings is 1. The van der Waals surface area contributed by atoms with E-state index in [4.69, 9.17) is 4.74 Å². The van der Waals surface area contributed by atoms with E-state index in [0.29, 0.717) is 60.7 Å². The van der Waals surface area contributed by atoms with Crippen molar-refractivity contribution in [3.8, 4) is 5.75 Å². The number of nitrogens with one attached hydrogen (secondary N) is 1. The molecule has 2 aromatic carbocycles. The van der Waals surface area contributed by atoms with Crippen LogP contribution in [0.3, 0.4) is 0 Å². The average molecular weight is 498 g/mol. The minimum absolute atomic E-state index is 0.0145. The van der Waals surface area contributed by atoms with E-state index in [-0.39, 0.29) is 22.4 Å². The highest BCUT2D eigenvalue weighted by atomic mass is 32.2. The summed E-state index contributed by atoms with van der Waals surface area (Å²) in [5, 5.41) is 0. The minimum atomic E-state index is -3.98. The van der Waals surface area contributed by atoms with Crippen molar-refractivity contribution in [2.45, 2.75) is 31.1 Å². The maximum Gasteiger partial charge on any atom is 0.265 e. The number of carbonyl (C=O) groups is 1. The minimum Gasteiger partial charge on any atom is -0.495 e. The molecule has 1 aliphatic rings. The van der Waals surface area contributed by atoms with Gasteiger partial charge in [0.1, 0.15) is 16.5 Å². The van der Waals surface area contributed by atoms with Crippen LogP contribution in [0.1, 0.15) is 35.8 Å². The van der Waals surface area contributed by atoms with Gasteiger partial charge in [0.05, 0.1) is 24.2 Å². The highest BCUT2D eigenvalue weighted by Gasteiger charge is 2.31. The number of pyridine rings is 1. The highest BCUT2D eigenvalue weighted by Crippen LogP contribution is 2.34. The lowest BCUT2D eigenvalue weighted by atomic mass is 9.88. The van der Waals surface area contributed by atoms with Crippen molar-refractivity contribution >= 4 is 27.2 Å². The molecule has 0 atom stereocenters. The molecule has 184 valence electrons. The van der Waals surface area contributed by atoms with Gasteiger partial charge in [0, 0.05) is 30.8 Å². The molecule has 7 nitrogen and oxygen atoms in total. The molecule has 2 heterocycles. The number of benzene rings is 2. The molecule has 0 spiro atoms. The van der Waals surface area contributed by atoms with Gasteiger partial charge in [0.25, 0.3) is 10.0 Å². The predicted molar refractivity (Wildman–Crippen MR) is 133 cm³/mol. The second-order valence-corrected chi connectivity index (χ2v) is 10.0. The number of Topliss-reactive ketones (excluding diaryl/α,β-unsaturated/α-hetero) is 1. The van der Waals surface area contributed by atoms with E-state index in [1.807, 2.05) is 11.8 Å². The number of hydrogen-bond donors (Lipinski definition) is 1. The fourth-order valence-corrected chi connectivity index (χ4v) is 5.97. The zero-order valence-corrected chi connectivity index (χ0v) is 20.5. The third-order valence-corrected chi connectivity index (χ3v) is 7.72. The lowest BCUT2D eigenvalue weighted by Gasteiger charge is -2.34. The third kappa shape index (κ3) is 5.30. The number of aryl methyl sites for hydroxylation is 1. The molecule has 35 heavy (non-hydrogen) atoms. The van der Waals surface area contributed by atoms with Crippen LogP contribution >= 0.6 is 0 Å². The van der Waals surface area contributed by atoms with Gasteiger partial charge >= 0.3 is 0 Å². The van der Waals surface area contributed by atoms with Crippen LogP contribution in [0.25, 0.3) is 0 Å². The van der Waals surface area contributed by atoms with E-state index in [1.165, 1.54) is 31.4 Å². The van der Waals surface area contributed by atoms with Crippen LogP contribution in [0.15, 0.2) is 65.7 Å². The highest BCUT2D eigenvalue weighted by molar-refractivity contribution is 7.93. The summed E-state index contributed by atoms with van der Waals surface area (Å²) in [6.45, 7) is 2.89. The van der Waals surface area contributed by atoms with Crippen LogP contribution in [0.2, 0.25) is 0 Å². The molecule has 1 aliphatic heterocycles. The summed E-state index contributed by atoms with van der Waals surface area (Å²) in [6, 6.07) is 14.1. The van der Waals surface area contributed by atoms with Gasteiger partial charge in [-0.3, -0.25) is 14.5 Å². The lowest BCUT2D eigenvalue weighted by Crippen LogP contribution is -2.37. The van der Waals surface area contributed by atoms with Gasteiger partial charge in [0.15, 0.2) is 5.78 Å². The van der Waals surface area contributed by atoms with Crippen molar-refractivity contribution in [1.29, 1.82) is 0 Å². The van der Waals surface area contributed by atoms with Crippen LogP contribution in [0, 0.1) is 11.7 Å². The Labute approximate surface area is 205 Å². The predicted octanol–water partition coefficient (Wildman–Crippen LogP) is 4.69. The summed E-state index contributed by atoms with van der Waals surface area (Å²) in [5.41, 5.74) is 1.86. The summed E-state index contributed by atoms with van der Waals surface area (Å²) >= 11 is 0. The van der Waals surface area contributed by atoms with Crippen molar-refractivity contribution in [2.24, 2.45) is 5.92 Å². The molecule has 0 saturated carbocycles. The molecule has 0 radical (unpaired) electrons. The number of ether oxygens (including phenoxy) is 1. The van der Waals surface area contributed by atoms with Gasteiger partial charge in [-0.2, -0.15) is 0 Å². The molecule has 1 fully saturated rings. The van der Waals surface area contributed by atoms with Crippen LogP contribution in [-0.4, -0.2) is 39.4 Å². The summed E-state index contributed by atoms with van der Waals surface area (Å²) in [7, 11) is -2.50. The Hall–Kier alpha value is -3.46. The topological polar surface area (TPSA) is 88.6 Å². The van der Waals surface area contributed by atoms with Gasteiger partial charge in [-0.1, -0.05) is 19.1 Å². The monoisotopic (exact) mass is 497 g/mol. The van der Waals surface area contributed by atoms with E-state index in [0.717, 1.165) is 0 Å². The number of sulfonamides is 1. The Kier molecular flexibility index (Phi) is 7.35. The van der Waals surface area contributed by atoms with E-state index in [2.05, 4.69) is 9.71 Å². The van der Waals surface area contributed by atoms with E-state index >= 15 is 0 Å². The summed E-state index contributed by atoms with van der Waals surface area (Å²) in [5.74, 6) is -0.175. The van der Waals surface area contributed by atoms with Crippen molar-refractivity contribution in [3.63, 3.8) is 0 Å². The molecule has 0 bridgehead atoms. The molecule has 4 rings (SSSR count). The fourth-order valence-electron chi connectivity index (χ4n) is 4.43. The van der Waals surface area contributed by atoms with E-state index in [1.54, 1.807) is 36.5 Å². The Balaban J connectivity index is 1.58. The molecule has 0 amide bonds. The largest absolute Gasteiger partial charge is 0.495 e. The second kappa shape index (κ2) is 10.4. The Morgan fingerprint density at radius 1 is 1.11 bits per heavy atom. The molecule has 0 aliphatic carbocycles. The SMILES string of the molecule is CCc1nccc(N2CCC(C(=O)c3ccc(F)cc3)CC2)c1S(=O)(=O)Nc1ccccc1OC. The number of carbonyl (C=O) groups excluding carboxylic acids is 1. The molecule has 3 aromatic rings. The number of para-hydroxylation sites is 2. The molecular formula is C26H28FN3O4S. The molecule has 0 unspecified atom stereocenters. The smallest absolute Gasteiger partial charge is 0.265 e. The standard InChI is InChI=1S/C26H28FN3O4S/c1-3-21-26(35(32,33)29-22-6-4-5-7-24(22)34-2)23(12-15-28-21)30-16-13-19(14-17-30)25(31)18-8-10-20(27)11-9-18/h4-12,15,19,29H,3,13-14,16-17H2,1-2H3. The summed E-state index contributed by atoms with van der Waals surface area (Å²) < 4.78 is 48.3. The number of aromatic nitrogens is 1. The van der Waals surface area contributed by atoms with E-state index in [9.17, 15) is 17.6 Å². The maximum atomic E-state index is 13.6. The van der Waals surface area contributed by atoms with Crippen molar-refractivity contribution in [2.75, 3.05) is 29.8 Å². The lowest BCUT2D eigenvalue weighted by molar-refractivity contribution is 0.0900. The third-order valence-electron chi connectivity index (χ3n) is 6.25. The molecule has 9 heteroatoms. The van der Waals surface area contributed by atoms with Gasteiger partial charge in [0.2, 0.25) is 0 Å². The first-order valence-electron chi connectivity index (χ1n) is 11.5. The molecule has 1 saturated heterocycles. The van der Waals surface area contributed by atoms with Crippen LogP contribution in [-0.2, 0) is 16.4 Å². The Morgan fingerprint density at radius 3 is 2.46 bits per heavy atom. The fraction of sp³-hybridized carbons (Fsp3) is 0.308. The van der Waals surface area contributed by atoms with E-state index < -0.39 is 10.0 Å². The number of rotatable bonds is 8. The van der Waals surface area contributed by atoms with Crippen LogP contribution in [0.4, 0.5) is 15.8 Å². The average Bonchev–Trinajstić information content (AvgIpc) is 2.88. The number of halogens is 1. The molecule has 1 N–H and O–H groups in total. The maximum absolute atomic E-state index is 13.6. The van der Waals surface area contributed by atoms with Crippen molar-refractivity contribution in [3.05, 3.63) is 77.9 Å². The zero-order chi connectivity index (χ0) is 25.0. The van der Waals surface area contributed by atoms with Gasteiger partial charge < -0.3 is 9.64 Å². The number of nitrogens with zero attached hydrogens (tertiary/aromatic N) is 2. The first-order chi connectivity index (χ1) is 16.8. The quantitative estimate of drug-likeness (QED) is 0.454. The van der Waals surface area contributed by atoms with Crippen LogP contribution < -0.4 is 14.4 Å². The van der Waals surface area contributed by atoms with Gasteiger partial charge in [-0.05, 0) is 61.7 Å². The second-order valence-electron chi connectivity index (χ2n) is 8.40. The normalized spacial score (nSPS) is 14.5. The summed E-state index contributed by atoms with van der Waals surface area (Å²) in [4.78, 5) is 19.3. The number of methoxy groups -OCH3 is 1. The first kappa shape index (κ1) is 24.7. The van der Waals surface area contributed by atoms with Crippen molar-refractivity contribution < 1.29 is 22.3 Å².